The number of alkyl halides is 1. The Hall–Kier alpha value is -0.150. The molecule has 1 unspecified atom stereocenters. The van der Waals surface area contributed by atoms with Gasteiger partial charge in [0, 0.05) is 13.0 Å². The third kappa shape index (κ3) is 3.07. The van der Waals surface area contributed by atoms with Crippen LogP contribution in [0.25, 0.3) is 0 Å². The van der Waals surface area contributed by atoms with Gasteiger partial charge in [-0.3, -0.25) is 0 Å². The maximum atomic E-state index is 13.2. The van der Waals surface area contributed by atoms with Crippen molar-refractivity contribution < 1.29 is 9.50 Å². The predicted octanol–water partition coefficient (Wildman–Crippen LogP) is 1.24. The molecule has 1 heterocycles. The molecule has 1 fully saturated rings. The monoisotopic (exact) mass is 175 g/mol. The Kier molecular flexibility index (Phi) is 2.74. The third-order valence-electron chi connectivity index (χ3n) is 2.20. The molecule has 3 heteroatoms. The van der Waals surface area contributed by atoms with E-state index < -0.39 is 11.3 Å². The summed E-state index contributed by atoms with van der Waals surface area (Å²) in [5.41, 5.74) is -2.09. The van der Waals surface area contributed by atoms with Crippen molar-refractivity contribution in [2.24, 2.45) is 0 Å². The molecule has 72 valence electrons. The van der Waals surface area contributed by atoms with Crippen molar-refractivity contribution in [2.45, 2.75) is 44.4 Å². The van der Waals surface area contributed by atoms with Gasteiger partial charge in [0.1, 0.15) is 5.67 Å². The van der Waals surface area contributed by atoms with Crippen LogP contribution in [-0.2, 0) is 0 Å². The maximum Gasteiger partial charge on any atom is 0.108 e. The first-order chi connectivity index (χ1) is 5.41. The molecule has 0 aromatic rings. The van der Waals surface area contributed by atoms with Crippen LogP contribution in [0.2, 0.25) is 0 Å². The predicted molar refractivity (Wildman–Crippen MR) is 46.9 cm³/mol. The van der Waals surface area contributed by atoms with Gasteiger partial charge in [-0.05, 0) is 33.2 Å². The SMILES string of the molecule is CC(C)(F)CC1(O)CCCNC1. The lowest BCUT2D eigenvalue weighted by atomic mass is 9.85. The van der Waals surface area contributed by atoms with Gasteiger partial charge in [-0.25, -0.2) is 4.39 Å². The average molecular weight is 175 g/mol. The molecule has 0 aromatic carbocycles. The summed E-state index contributed by atoms with van der Waals surface area (Å²) < 4.78 is 13.2. The quantitative estimate of drug-likeness (QED) is 0.661. The number of rotatable bonds is 2. The summed E-state index contributed by atoms with van der Waals surface area (Å²) in [6.45, 7) is 4.49. The van der Waals surface area contributed by atoms with Crippen LogP contribution in [0.3, 0.4) is 0 Å². The van der Waals surface area contributed by atoms with E-state index in [4.69, 9.17) is 0 Å². The van der Waals surface area contributed by atoms with E-state index in [0.717, 1.165) is 13.0 Å². The van der Waals surface area contributed by atoms with E-state index in [1.165, 1.54) is 13.8 Å². The largest absolute Gasteiger partial charge is 0.388 e. The van der Waals surface area contributed by atoms with E-state index in [2.05, 4.69) is 5.32 Å². The topological polar surface area (TPSA) is 32.3 Å². The first kappa shape index (κ1) is 9.93. The number of piperidine rings is 1. The van der Waals surface area contributed by atoms with E-state index in [0.29, 0.717) is 13.0 Å². The van der Waals surface area contributed by atoms with E-state index in [1.54, 1.807) is 0 Å². The standard InChI is InChI=1S/C9H18FNO/c1-8(2,10)6-9(12)4-3-5-11-7-9/h11-12H,3-7H2,1-2H3. The molecular formula is C9H18FNO. The molecule has 0 aliphatic carbocycles. The van der Waals surface area contributed by atoms with Crippen LogP contribution in [0.4, 0.5) is 4.39 Å². The summed E-state index contributed by atoms with van der Waals surface area (Å²) in [7, 11) is 0. The number of β-amino-alcohol motifs (C(OH)–C–C–N with tert-alkyl or cyclic N) is 1. The van der Waals surface area contributed by atoms with Crippen LogP contribution in [0.15, 0.2) is 0 Å². The molecule has 0 spiro atoms. The van der Waals surface area contributed by atoms with Crippen LogP contribution in [0, 0.1) is 0 Å². The minimum Gasteiger partial charge on any atom is -0.388 e. The second-order valence-electron chi connectivity index (χ2n) is 4.40. The van der Waals surface area contributed by atoms with E-state index in [9.17, 15) is 9.50 Å². The highest BCUT2D eigenvalue weighted by molar-refractivity contribution is 4.90. The first-order valence-electron chi connectivity index (χ1n) is 4.53. The van der Waals surface area contributed by atoms with Gasteiger partial charge in [0.25, 0.3) is 0 Å². The van der Waals surface area contributed by atoms with E-state index in [1.807, 2.05) is 0 Å². The summed E-state index contributed by atoms with van der Waals surface area (Å²) in [6.07, 6.45) is 1.88. The normalized spacial score (nSPS) is 32.0. The molecule has 1 aliphatic heterocycles. The highest BCUT2D eigenvalue weighted by Crippen LogP contribution is 2.28. The molecule has 0 bridgehead atoms. The van der Waals surface area contributed by atoms with E-state index in [-0.39, 0.29) is 6.42 Å². The zero-order chi connectivity index (χ0) is 9.24. The number of nitrogens with one attached hydrogen (secondary N) is 1. The first-order valence-corrected chi connectivity index (χ1v) is 4.53. The van der Waals surface area contributed by atoms with Crippen LogP contribution in [0.1, 0.15) is 33.1 Å². The van der Waals surface area contributed by atoms with Gasteiger partial charge in [-0.2, -0.15) is 0 Å². The lowest BCUT2D eigenvalue weighted by Gasteiger charge is -2.35. The molecule has 2 nitrogen and oxygen atoms in total. The molecule has 1 aliphatic rings. The van der Waals surface area contributed by atoms with Gasteiger partial charge in [0.05, 0.1) is 5.60 Å². The molecule has 0 radical (unpaired) electrons. The highest BCUT2D eigenvalue weighted by atomic mass is 19.1. The van der Waals surface area contributed by atoms with Crippen LogP contribution in [-0.4, -0.2) is 29.5 Å². The Balaban J connectivity index is 2.47. The van der Waals surface area contributed by atoms with Crippen molar-refractivity contribution in [3.8, 4) is 0 Å². The number of aliphatic hydroxyl groups is 1. The van der Waals surface area contributed by atoms with Gasteiger partial charge in [0.15, 0.2) is 0 Å². The summed E-state index contributed by atoms with van der Waals surface area (Å²) >= 11 is 0. The Bertz CT molecular complexity index is 147. The molecule has 2 N–H and O–H groups in total. The van der Waals surface area contributed by atoms with Gasteiger partial charge in [0.2, 0.25) is 0 Å². The van der Waals surface area contributed by atoms with Gasteiger partial charge >= 0.3 is 0 Å². The highest BCUT2D eigenvalue weighted by Gasteiger charge is 2.35. The fraction of sp³-hybridized carbons (Fsp3) is 1.00. The van der Waals surface area contributed by atoms with Crippen molar-refractivity contribution in [3.63, 3.8) is 0 Å². The Labute approximate surface area is 73.2 Å². The fourth-order valence-corrected chi connectivity index (χ4v) is 1.89. The van der Waals surface area contributed by atoms with Crippen molar-refractivity contribution in [1.82, 2.24) is 5.32 Å². The van der Waals surface area contributed by atoms with Crippen molar-refractivity contribution in [3.05, 3.63) is 0 Å². The van der Waals surface area contributed by atoms with Crippen molar-refractivity contribution in [2.75, 3.05) is 13.1 Å². The van der Waals surface area contributed by atoms with Gasteiger partial charge in [-0.15, -0.1) is 0 Å². The van der Waals surface area contributed by atoms with Gasteiger partial charge < -0.3 is 10.4 Å². The smallest absolute Gasteiger partial charge is 0.108 e. The summed E-state index contributed by atoms with van der Waals surface area (Å²) in [5.74, 6) is 0. The summed E-state index contributed by atoms with van der Waals surface area (Å²) in [5, 5.41) is 13.0. The molecule has 0 saturated carbocycles. The lowest BCUT2D eigenvalue weighted by Crippen LogP contribution is -2.48. The van der Waals surface area contributed by atoms with Gasteiger partial charge in [-0.1, -0.05) is 0 Å². The minimum absolute atomic E-state index is 0.229. The van der Waals surface area contributed by atoms with Crippen molar-refractivity contribution >= 4 is 0 Å². The average Bonchev–Trinajstić information content (AvgIpc) is 1.83. The second kappa shape index (κ2) is 3.30. The molecule has 1 rings (SSSR count). The van der Waals surface area contributed by atoms with Crippen LogP contribution in [0.5, 0.6) is 0 Å². The fourth-order valence-electron chi connectivity index (χ4n) is 1.89. The number of hydrogen-bond acceptors (Lipinski definition) is 2. The zero-order valence-electron chi connectivity index (χ0n) is 7.86. The number of hydrogen-bond donors (Lipinski definition) is 2. The van der Waals surface area contributed by atoms with Crippen LogP contribution < -0.4 is 5.32 Å². The molecule has 0 amide bonds. The molecule has 1 atom stereocenters. The Morgan fingerprint density at radius 3 is 2.67 bits per heavy atom. The third-order valence-corrected chi connectivity index (χ3v) is 2.20. The Morgan fingerprint density at radius 2 is 2.25 bits per heavy atom. The molecule has 1 saturated heterocycles. The molecular weight excluding hydrogens is 157 g/mol. The second-order valence-corrected chi connectivity index (χ2v) is 4.40. The maximum absolute atomic E-state index is 13.2. The van der Waals surface area contributed by atoms with Crippen LogP contribution >= 0.6 is 0 Å². The summed E-state index contributed by atoms with van der Waals surface area (Å²) in [4.78, 5) is 0. The summed E-state index contributed by atoms with van der Waals surface area (Å²) in [6, 6.07) is 0. The number of halogens is 1. The molecule has 12 heavy (non-hydrogen) atoms. The minimum atomic E-state index is -1.27. The van der Waals surface area contributed by atoms with Crippen molar-refractivity contribution in [1.29, 1.82) is 0 Å². The van der Waals surface area contributed by atoms with E-state index >= 15 is 0 Å². The lowest BCUT2D eigenvalue weighted by molar-refractivity contribution is -0.0299. The zero-order valence-corrected chi connectivity index (χ0v) is 7.86. The Morgan fingerprint density at radius 1 is 1.58 bits per heavy atom. The molecule has 0 aromatic heterocycles.